The first-order valence-electron chi connectivity index (χ1n) is 6.57. The first-order chi connectivity index (χ1) is 9.96. The lowest BCUT2D eigenvalue weighted by molar-refractivity contribution is -0.0328. The molecule has 2 aromatic rings. The minimum Gasteiger partial charge on any atom is -0.381 e. The normalized spacial score (nSPS) is 11.6. The molecule has 21 heavy (non-hydrogen) atoms. The minimum absolute atomic E-state index is 0.108. The first-order valence-corrected chi connectivity index (χ1v) is 7.39. The lowest BCUT2D eigenvalue weighted by Gasteiger charge is -2.08. The second-order valence-corrected chi connectivity index (χ2v) is 5.68. The maximum atomic E-state index is 12.2. The molecular formula is C14H16F3N3S. The SMILES string of the molecule is CCCn1cc(CNc2ccc(SC(F)(F)F)cc2)cn1. The van der Waals surface area contributed by atoms with Crippen LogP contribution in [-0.2, 0) is 13.1 Å². The average Bonchev–Trinajstić information content (AvgIpc) is 2.84. The highest BCUT2D eigenvalue weighted by atomic mass is 32.2. The summed E-state index contributed by atoms with van der Waals surface area (Å²) in [7, 11) is 0. The molecule has 3 nitrogen and oxygen atoms in total. The summed E-state index contributed by atoms with van der Waals surface area (Å²) >= 11 is -0.108. The number of nitrogens with one attached hydrogen (secondary N) is 1. The van der Waals surface area contributed by atoms with Crippen LogP contribution in [0, 0.1) is 0 Å². The number of aryl methyl sites for hydroxylation is 1. The standard InChI is InChI=1S/C14H16F3N3S/c1-2-7-20-10-11(9-19-20)8-18-12-3-5-13(6-4-12)21-14(15,16)17/h3-6,9-10,18H,2,7-8H2,1H3. The van der Waals surface area contributed by atoms with E-state index in [1.165, 1.54) is 12.1 Å². The van der Waals surface area contributed by atoms with Gasteiger partial charge < -0.3 is 5.32 Å². The molecule has 1 heterocycles. The van der Waals surface area contributed by atoms with E-state index in [-0.39, 0.29) is 16.7 Å². The molecule has 0 radical (unpaired) electrons. The highest BCUT2D eigenvalue weighted by Gasteiger charge is 2.28. The van der Waals surface area contributed by atoms with E-state index in [2.05, 4.69) is 17.3 Å². The number of benzene rings is 1. The quantitative estimate of drug-likeness (QED) is 0.795. The number of hydrogen-bond donors (Lipinski definition) is 1. The van der Waals surface area contributed by atoms with Gasteiger partial charge in [0, 0.05) is 35.4 Å². The van der Waals surface area contributed by atoms with Crippen LogP contribution in [0.1, 0.15) is 18.9 Å². The van der Waals surface area contributed by atoms with Crippen LogP contribution < -0.4 is 5.32 Å². The molecule has 0 amide bonds. The smallest absolute Gasteiger partial charge is 0.381 e. The average molecular weight is 315 g/mol. The van der Waals surface area contributed by atoms with E-state index in [4.69, 9.17) is 0 Å². The van der Waals surface area contributed by atoms with Gasteiger partial charge in [0.05, 0.1) is 6.20 Å². The third-order valence-electron chi connectivity index (χ3n) is 2.72. The van der Waals surface area contributed by atoms with Gasteiger partial charge in [0.25, 0.3) is 0 Å². The molecule has 0 bridgehead atoms. The molecule has 1 aromatic carbocycles. The molecule has 0 saturated carbocycles. The van der Waals surface area contributed by atoms with Crippen molar-refractivity contribution in [2.24, 2.45) is 0 Å². The fourth-order valence-corrected chi connectivity index (χ4v) is 2.37. The summed E-state index contributed by atoms with van der Waals surface area (Å²) in [5.41, 5.74) is -2.43. The summed E-state index contributed by atoms with van der Waals surface area (Å²) in [6.07, 6.45) is 4.77. The highest BCUT2D eigenvalue weighted by Crippen LogP contribution is 2.37. The molecule has 0 aliphatic rings. The van der Waals surface area contributed by atoms with Gasteiger partial charge in [-0.25, -0.2) is 0 Å². The molecule has 0 unspecified atom stereocenters. The number of nitrogens with zero attached hydrogens (tertiary/aromatic N) is 2. The van der Waals surface area contributed by atoms with E-state index in [0.29, 0.717) is 6.54 Å². The van der Waals surface area contributed by atoms with Crippen molar-refractivity contribution in [3.05, 3.63) is 42.2 Å². The Labute approximate surface area is 125 Å². The first kappa shape index (κ1) is 15.8. The molecule has 0 aliphatic carbocycles. The van der Waals surface area contributed by atoms with Gasteiger partial charge in [0.15, 0.2) is 0 Å². The van der Waals surface area contributed by atoms with E-state index in [1.807, 2.05) is 10.9 Å². The minimum atomic E-state index is -4.25. The zero-order valence-electron chi connectivity index (χ0n) is 11.5. The molecule has 0 atom stereocenters. The van der Waals surface area contributed by atoms with Crippen molar-refractivity contribution in [2.45, 2.75) is 36.8 Å². The van der Waals surface area contributed by atoms with E-state index >= 15 is 0 Å². The molecule has 114 valence electrons. The number of hydrogen-bond acceptors (Lipinski definition) is 3. The molecule has 1 N–H and O–H groups in total. The zero-order valence-corrected chi connectivity index (χ0v) is 12.3. The Balaban J connectivity index is 1.88. The van der Waals surface area contributed by atoms with Gasteiger partial charge in [0.2, 0.25) is 0 Å². The third-order valence-corrected chi connectivity index (χ3v) is 3.46. The topological polar surface area (TPSA) is 29.9 Å². The molecule has 0 fully saturated rings. The molecule has 0 aliphatic heterocycles. The summed E-state index contributed by atoms with van der Waals surface area (Å²) in [5.74, 6) is 0. The number of alkyl halides is 3. The Morgan fingerprint density at radius 1 is 1.24 bits per heavy atom. The lowest BCUT2D eigenvalue weighted by Crippen LogP contribution is -2.00. The van der Waals surface area contributed by atoms with Gasteiger partial charge in [-0.2, -0.15) is 18.3 Å². The maximum absolute atomic E-state index is 12.2. The Bertz CT molecular complexity index is 564. The Hall–Kier alpha value is -1.63. The van der Waals surface area contributed by atoms with Crippen LogP contribution in [0.15, 0.2) is 41.6 Å². The molecule has 0 spiro atoms. The number of rotatable bonds is 6. The van der Waals surface area contributed by atoms with Crippen molar-refractivity contribution in [3.63, 3.8) is 0 Å². The van der Waals surface area contributed by atoms with Crippen LogP contribution in [0.4, 0.5) is 18.9 Å². The van der Waals surface area contributed by atoms with Gasteiger partial charge in [-0.1, -0.05) is 6.92 Å². The van der Waals surface area contributed by atoms with Gasteiger partial charge in [0.1, 0.15) is 0 Å². The Kier molecular flexibility index (Phi) is 5.17. The summed E-state index contributed by atoms with van der Waals surface area (Å²) in [6.45, 7) is 3.55. The van der Waals surface area contributed by atoms with Crippen molar-refractivity contribution < 1.29 is 13.2 Å². The number of anilines is 1. The molecule has 7 heteroatoms. The zero-order chi connectivity index (χ0) is 15.3. The Morgan fingerprint density at radius 3 is 2.57 bits per heavy atom. The summed E-state index contributed by atoms with van der Waals surface area (Å²) in [5, 5.41) is 7.38. The number of aromatic nitrogens is 2. The lowest BCUT2D eigenvalue weighted by atomic mass is 10.3. The van der Waals surface area contributed by atoms with Crippen LogP contribution >= 0.6 is 11.8 Å². The van der Waals surface area contributed by atoms with Crippen LogP contribution in [0.3, 0.4) is 0 Å². The van der Waals surface area contributed by atoms with E-state index < -0.39 is 5.51 Å². The number of thioether (sulfide) groups is 1. The largest absolute Gasteiger partial charge is 0.446 e. The third kappa shape index (κ3) is 5.34. The van der Waals surface area contributed by atoms with Crippen molar-refractivity contribution >= 4 is 17.4 Å². The van der Waals surface area contributed by atoms with Gasteiger partial charge in [-0.15, -0.1) is 0 Å². The van der Waals surface area contributed by atoms with E-state index in [1.54, 1.807) is 18.3 Å². The van der Waals surface area contributed by atoms with Crippen LogP contribution in [0.5, 0.6) is 0 Å². The van der Waals surface area contributed by atoms with Crippen molar-refractivity contribution in [3.8, 4) is 0 Å². The van der Waals surface area contributed by atoms with Gasteiger partial charge in [-0.05, 0) is 42.4 Å². The van der Waals surface area contributed by atoms with E-state index in [9.17, 15) is 13.2 Å². The molecule has 1 aromatic heterocycles. The second-order valence-electron chi connectivity index (χ2n) is 4.54. The summed E-state index contributed by atoms with van der Waals surface area (Å²) < 4.78 is 38.5. The van der Waals surface area contributed by atoms with E-state index in [0.717, 1.165) is 24.2 Å². The highest BCUT2D eigenvalue weighted by molar-refractivity contribution is 8.00. The van der Waals surface area contributed by atoms with Gasteiger partial charge in [-0.3, -0.25) is 4.68 Å². The van der Waals surface area contributed by atoms with Crippen LogP contribution in [0.2, 0.25) is 0 Å². The van der Waals surface area contributed by atoms with Crippen LogP contribution in [0.25, 0.3) is 0 Å². The second kappa shape index (κ2) is 6.89. The van der Waals surface area contributed by atoms with Crippen molar-refractivity contribution in [2.75, 3.05) is 5.32 Å². The number of halogens is 3. The maximum Gasteiger partial charge on any atom is 0.446 e. The predicted octanol–water partition coefficient (Wildman–Crippen LogP) is 4.52. The van der Waals surface area contributed by atoms with Crippen molar-refractivity contribution in [1.29, 1.82) is 0 Å². The summed E-state index contributed by atoms with van der Waals surface area (Å²) in [4.78, 5) is 0.184. The molecule has 0 saturated heterocycles. The predicted molar refractivity (Wildman–Crippen MR) is 78.2 cm³/mol. The molecule has 2 rings (SSSR count). The van der Waals surface area contributed by atoms with Crippen LogP contribution in [-0.4, -0.2) is 15.3 Å². The fourth-order valence-electron chi connectivity index (χ4n) is 1.83. The fraction of sp³-hybridized carbons (Fsp3) is 0.357. The van der Waals surface area contributed by atoms with Crippen molar-refractivity contribution in [1.82, 2.24) is 9.78 Å². The monoisotopic (exact) mass is 315 g/mol. The summed E-state index contributed by atoms with van der Waals surface area (Å²) in [6, 6.07) is 6.21. The molecular weight excluding hydrogens is 299 g/mol. The Morgan fingerprint density at radius 2 is 1.95 bits per heavy atom. The van der Waals surface area contributed by atoms with Gasteiger partial charge >= 0.3 is 5.51 Å².